The van der Waals surface area contributed by atoms with Crippen molar-refractivity contribution in [1.29, 1.82) is 0 Å². The van der Waals surface area contributed by atoms with Crippen LogP contribution in [0.4, 0.5) is 0 Å². The van der Waals surface area contributed by atoms with Crippen LogP contribution in [0.3, 0.4) is 0 Å². The maximum atomic E-state index is 5.83. The average Bonchev–Trinajstić information content (AvgIpc) is 2.21. The van der Waals surface area contributed by atoms with Gasteiger partial charge in [0.25, 0.3) is 0 Å². The van der Waals surface area contributed by atoms with Gasteiger partial charge in [0, 0.05) is 25.6 Å². The number of hydrogen-bond donors (Lipinski definition) is 1. The normalized spacial score (nSPS) is 13.4. The van der Waals surface area contributed by atoms with E-state index in [9.17, 15) is 0 Å². The van der Waals surface area contributed by atoms with Crippen LogP contribution in [0, 0.1) is 5.92 Å². The Morgan fingerprint density at radius 1 is 1.20 bits per heavy atom. The van der Waals surface area contributed by atoms with Crippen molar-refractivity contribution < 1.29 is 9.47 Å². The molecular weight excluding hydrogens is 214 g/mol. The second-order valence-corrected chi connectivity index (χ2v) is 4.23. The van der Waals surface area contributed by atoms with Crippen LogP contribution >= 0.6 is 11.6 Å². The van der Waals surface area contributed by atoms with Gasteiger partial charge in [0.05, 0.1) is 13.2 Å². The molecule has 0 aliphatic heterocycles. The number of ether oxygens (including phenoxy) is 2. The van der Waals surface area contributed by atoms with E-state index in [0.29, 0.717) is 31.1 Å². The third-order valence-electron chi connectivity index (χ3n) is 2.27. The summed E-state index contributed by atoms with van der Waals surface area (Å²) >= 11 is 5.83. The molecule has 4 heteroatoms. The Bertz CT molecular complexity index is 134. The second-order valence-electron chi connectivity index (χ2n) is 3.92. The van der Waals surface area contributed by atoms with Crippen LogP contribution in [0.2, 0.25) is 0 Å². The summed E-state index contributed by atoms with van der Waals surface area (Å²) in [6.07, 6.45) is 1.02. The average molecular weight is 238 g/mol. The van der Waals surface area contributed by atoms with Gasteiger partial charge in [-0.2, -0.15) is 0 Å². The molecule has 1 atom stereocenters. The van der Waals surface area contributed by atoms with E-state index in [0.717, 1.165) is 19.6 Å². The molecule has 0 amide bonds. The molecule has 0 aromatic rings. The first kappa shape index (κ1) is 15.2. The Labute approximate surface area is 98.5 Å². The number of halogens is 1. The summed E-state index contributed by atoms with van der Waals surface area (Å²) in [5, 5.41) is 3.42. The summed E-state index contributed by atoms with van der Waals surface area (Å²) in [6.45, 7) is 7.44. The third kappa shape index (κ3) is 9.12. The van der Waals surface area contributed by atoms with Gasteiger partial charge in [0.15, 0.2) is 0 Å². The molecular formula is C11H24ClNO2. The summed E-state index contributed by atoms with van der Waals surface area (Å²) in [7, 11) is 1.68. The molecule has 0 fully saturated rings. The van der Waals surface area contributed by atoms with Crippen LogP contribution in [0.15, 0.2) is 0 Å². The van der Waals surface area contributed by atoms with Crippen molar-refractivity contribution in [2.45, 2.75) is 26.3 Å². The third-order valence-corrected chi connectivity index (χ3v) is 2.61. The first-order valence-electron chi connectivity index (χ1n) is 5.58. The number of alkyl halides is 1. The largest absolute Gasteiger partial charge is 0.382 e. The van der Waals surface area contributed by atoms with Crippen LogP contribution in [0.1, 0.15) is 20.3 Å². The highest BCUT2D eigenvalue weighted by atomic mass is 35.5. The summed E-state index contributed by atoms with van der Waals surface area (Å²) in [5.41, 5.74) is 0. The topological polar surface area (TPSA) is 30.5 Å². The van der Waals surface area contributed by atoms with Gasteiger partial charge in [-0.1, -0.05) is 13.8 Å². The van der Waals surface area contributed by atoms with Crippen molar-refractivity contribution in [2.75, 3.05) is 39.4 Å². The fourth-order valence-corrected chi connectivity index (χ4v) is 1.64. The summed E-state index contributed by atoms with van der Waals surface area (Å²) < 4.78 is 10.2. The van der Waals surface area contributed by atoms with Crippen LogP contribution in [0.5, 0.6) is 0 Å². The standard InChI is InChI=1S/C11H24ClNO2/c1-10(2)11(9-12)13-5-4-6-15-8-7-14-3/h10-11,13H,4-9H2,1-3H3. The Balaban J connectivity index is 3.22. The molecule has 0 spiro atoms. The van der Waals surface area contributed by atoms with E-state index >= 15 is 0 Å². The SMILES string of the molecule is COCCOCCCNC(CCl)C(C)C. The van der Waals surface area contributed by atoms with Gasteiger partial charge < -0.3 is 14.8 Å². The van der Waals surface area contributed by atoms with Gasteiger partial charge in [-0.25, -0.2) is 0 Å². The minimum absolute atomic E-state index is 0.408. The zero-order chi connectivity index (χ0) is 11.5. The Morgan fingerprint density at radius 2 is 1.93 bits per heavy atom. The Hall–Kier alpha value is 0.170. The summed E-state index contributed by atoms with van der Waals surface area (Å²) in [6, 6.07) is 0.408. The number of hydrogen-bond acceptors (Lipinski definition) is 3. The molecule has 0 radical (unpaired) electrons. The smallest absolute Gasteiger partial charge is 0.0700 e. The minimum atomic E-state index is 0.408. The first-order valence-corrected chi connectivity index (χ1v) is 6.11. The highest BCUT2D eigenvalue weighted by Crippen LogP contribution is 2.03. The highest BCUT2D eigenvalue weighted by molar-refractivity contribution is 6.18. The maximum absolute atomic E-state index is 5.83. The zero-order valence-electron chi connectivity index (χ0n) is 10.1. The highest BCUT2D eigenvalue weighted by Gasteiger charge is 2.09. The molecule has 3 nitrogen and oxygen atoms in total. The number of methoxy groups -OCH3 is 1. The van der Waals surface area contributed by atoms with Crippen LogP contribution in [0.25, 0.3) is 0 Å². The van der Waals surface area contributed by atoms with Gasteiger partial charge in [-0.15, -0.1) is 11.6 Å². The van der Waals surface area contributed by atoms with Crippen LogP contribution in [-0.4, -0.2) is 45.4 Å². The van der Waals surface area contributed by atoms with Gasteiger partial charge in [0.1, 0.15) is 0 Å². The minimum Gasteiger partial charge on any atom is -0.382 e. The van der Waals surface area contributed by atoms with E-state index in [1.165, 1.54) is 0 Å². The van der Waals surface area contributed by atoms with Gasteiger partial charge in [-0.3, -0.25) is 0 Å². The monoisotopic (exact) mass is 237 g/mol. The van der Waals surface area contributed by atoms with Crippen molar-refractivity contribution in [3.05, 3.63) is 0 Å². The van der Waals surface area contributed by atoms with Crippen molar-refractivity contribution in [3.63, 3.8) is 0 Å². The molecule has 0 rings (SSSR count). The predicted molar refractivity (Wildman–Crippen MR) is 64.7 cm³/mol. The van der Waals surface area contributed by atoms with E-state index in [1.54, 1.807) is 7.11 Å². The summed E-state index contributed by atoms with van der Waals surface area (Å²) in [5.74, 6) is 1.25. The van der Waals surface area contributed by atoms with E-state index in [4.69, 9.17) is 21.1 Å². The fraction of sp³-hybridized carbons (Fsp3) is 1.00. The first-order chi connectivity index (χ1) is 7.22. The molecule has 1 N–H and O–H groups in total. The van der Waals surface area contributed by atoms with Crippen molar-refractivity contribution in [2.24, 2.45) is 5.92 Å². The van der Waals surface area contributed by atoms with E-state index in [-0.39, 0.29) is 0 Å². The number of nitrogens with one attached hydrogen (secondary N) is 1. The van der Waals surface area contributed by atoms with Gasteiger partial charge >= 0.3 is 0 Å². The Morgan fingerprint density at radius 3 is 2.47 bits per heavy atom. The second kappa shape index (κ2) is 10.7. The lowest BCUT2D eigenvalue weighted by molar-refractivity contribution is 0.0691. The lowest BCUT2D eigenvalue weighted by Crippen LogP contribution is -2.36. The van der Waals surface area contributed by atoms with E-state index < -0.39 is 0 Å². The quantitative estimate of drug-likeness (QED) is 0.465. The summed E-state index contributed by atoms with van der Waals surface area (Å²) in [4.78, 5) is 0. The molecule has 0 bridgehead atoms. The predicted octanol–water partition coefficient (Wildman–Crippen LogP) is 1.89. The van der Waals surface area contributed by atoms with Crippen LogP contribution in [-0.2, 0) is 9.47 Å². The number of rotatable bonds is 10. The van der Waals surface area contributed by atoms with Crippen molar-refractivity contribution >= 4 is 11.6 Å². The lowest BCUT2D eigenvalue weighted by atomic mass is 10.1. The van der Waals surface area contributed by atoms with E-state index in [2.05, 4.69) is 19.2 Å². The van der Waals surface area contributed by atoms with Crippen molar-refractivity contribution in [3.8, 4) is 0 Å². The van der Waals surface area contributed by atoms with Gasteiger partial charge in [0.2, 0.25) is 0 Å². The zero-order valence-corrected chi connectivity index (χ0v) is 10.8. The molecule has 0 aromatic heterocycles. The molecule has 0 aliphatic rings. The molecule has 0 aliphatic carbocycles. The molecule has 92 valence electrons. The van der Waals surface area contributed by atoms with E-state index in [1.807, 2.05) is 0 Å². The molecule has 0 saturated heterocycles. The van der Waals surface area contributed by atoms with Crippen molar-refractivity contribution in [1.82, 2.24) is 5.32 Å². The molecule has 0 aromatic carbocycles. The maximum Gasteiger partial charge on any atom is 0.0700 e. The lowest BCUT2D eigenvalue weighted by Gasteiger charge is -2.19. The molecule has 15 heavy (non-hydrogen) atoms. The molecule has 0 saturated carbocycles. The molecule has 1 unspecified atom stereocenters. The van der Waals surface area contributed by atoms with Crippen LogP contribution < -0.4 is 5.32 Å². The van der Waals surface area contributed by atoms with Gasteiger partial charge in [-0.05, 0) is 18.9 Å². The molecule has 0 heterocycles. The fourth-order valence-electron chi connectivity index (χ4n) is 1.17. The Kier molecular flexibility index (Phi) is 10.8.